The molecule has 1 fully saturated rings. The van der Waals surface area contributed by atoms with Gasteiger partial charge in [0, 0.05) is 55.1 Å². The van der Waals surface area contributed by atoms with E-state index in [2.05, 4.69) is 44.1 Å². The first-order chi connectivity index (χ1) is 16.3. The second-order valence-electron chi connectivity index (χ2n) is 8.33. The Morgan fingerprint density at radius 1 is 0.818 bits per heavy atom. The van der Waals surface area contributed by atoms with Crippen LogP contribution in [-0.2, 0) is 0 Å². The molecule has 0 spiro atoms. The van der Waals surface area contributed by atoms with Gasteiger partial charge in [-0.15, -0.1) is 0 Å². The van der Waals surface area contributed by atoms with Crippen molar-refractivity contribution in [3.63, 3.8) is 0 Å². The Morgan fingerprint density at radius 2 is 1.61 bits per heavy atom. The van der Waals surface area contributed by atoms with E-state index in [9.17, 15) is 4.79 Å². The molecule has 1 aliphatic heterocycles. The number of benzene rings is 2. The van der Waals surface area contributed by atoms with Crippen molar-refractivity contribution in [2.45, 2.75) is 0 Å². The molecule has 1 aliphatic rings. The Kier molecular flexibility index (Phi) is 4.85. The standard InChI is InChI=1S/C27H23N5O/c33-27(31-13-11-28-12-14-31)20-7-5-19(6-8-20)22-9-10-26-30-17-25(32(26)18-22)23-15-21-3-1-2-4-24(21)29-16-23/h1-10,15-18,28H,11-14H2. The number of carbonyl (C=O) groups is 1. The zero-order valence-electron chi connectivity index (χ0n) is 18.1. The summed E-state index contributed by atoms with van der Waals surface area (Å²) in [4.78, 5) is 23.9. The van der Waals surface area contributed by atoms with Crippen molar-refractivity contribution in [3.8, 4) is 22.4 Å². The van der Waals surface area contributed by atoms with Gasteiger partial charge in [-0.3, -0.25) is 14.2 Å². The Bertz CT molecular complexity index is 1470. The van der Waals surface area contributed by atoms with Crippen molar-refractivity contribution < 1.29 is 4.79 Å². The van der Waals surface area contributed by atoms with Crippen LogP contribution in [0, 0.1) is 0 Å². The molecule has 2 aromatic carbocycles. The molecule has 1 N–H and O–H groups in total. The third-order valence-electron chi connectivity index (χ3n) is 6.26. The lowest BCUT2D eigenvalue weighted by molar-refractivity contribution is 0.0736. The molecule has 4 heterocycles. The van der Waals surface area contributed by atoms with Crippen molar-refractivity contribution in [1.82, 2.24) is 24.6 Å². The van der Waals surface area contributed by atoms with Crippen molar-refractivity contribution in [3.05, 3.63) is 90.9 Å². The normalized spacial score (nSPS) is 14.1. The fourth-order valence-electron chi connectivity index (χ4n) is 4.43. The third-order valence-corrected chi connectivity index (χ3v) is 6.26. The molecule has 1 saturated heterocycles. The van der Waals surface area contributed by atoms with Crippen LogP contribution in [0.4, 0.5) is 0 Å². The third kappa shape index (κ3) is 3.64. The van der Waals surface area contributed by atoms with Crippen molar-refractivity contribution >= 4 is 22.5 Å². The lowest BCUT2D eigenvalue weighted by Gasteiger charge is -2.27. The van der Waals surface area contributed by atoms with E-state index < -0.39 is 0 Å². The Morgan fingerprint density at radius 3 is 2.45 bits per heavy atom. The van der Waals surface area contributed by atoms with Crippen molar-refractivity contribution in [2.24, 2.45) is 0 Å². The van der Waals surface area contributed by atoms with Crippen LogP contribution in [0.25, 0.3) is 38.9 Å². The summed E-state index contributed by atoms with van der Waals surface area (Å²) < 4.78 is 2.10. The fraction of sp³-hybridized carbons (Fsp3) is 0.148. The number of para-hydroxylation sites is 1. The maximum Gasteiger partial charge on any atom is 0.253 e. The number of hydrogen-bond donors (Lipinski definition) is 1. The van der Waals surface area contributed by atoms with Crippen LogP contribution in [-0.4, -0.2) is 51.4 Å². The molecule has 0 aliphatic carbocycles. The highest BCUT2D eigenvalue weighted by atomic mass is 16.2. The average molecular weight is 434 g/mol. The molecule has 6 rings (SSSR count). The zero-order chi connectivity index (χ0) is 22.2. The second kappa shape index (κ2) is 8.15. The summed E-state index contributed by atoms with van der Waals surface area (Å²) in [5.41, 5.74) is 6.73. The molecule has 6 nitrogen and oxygen atoms in total. The number of aromatic nitrogens is 3. The van der Waals surface area contributed by atoms with Crippen molar-refractivity contribution in [1.29, 1.82) is 0 Å². The summed E-state index contributed by atoms with van der Waals surface area (Å²) in [6, 6.07) is 22.2. The SMILES string of the molecule is O=C(c1ccc(-c2ccc3ncc(-c4cnc5ccccc5c4)n3c2)cc1)N1CCNCC1. The van der Waals surface area contributed by atoms with Crippen LogP contribution in [0.15, 0.2) is 85.3 Å². The molecule has 0 atom stereocenters. The summed E-state index contributed by atoms with van der Waals surface area (Å²) in [7, 11) is 0. The number of nitrogens with one attached hydrogen (secondary N) is 1. The topological polar surface area (TPSA) is 62.5 Å². The molecule has 5 aromatic rings. The minimum absolute atomic E-state index is 0.0965. The van der Waals surface area contributed by atoms with Gasteiger partial charge in [-0.05, 0) is 47.5 Å². The lowest BCUT2D eigenvalue weighted by Crippen LogP contribution is -2.46. The molecule has 6 heteroatoms. The lowest BCUT2D eigenvalue weighted by atomic mass is 10.0. The number of fused-ring (bicyclic) bond motifs is 2. The first kappa shape index (κ1) is 19.6. The summed E-state index contributed by atoms with van der Waals surface area (Å²) in [5.74, 6) is 0.0965. The van der Waals surface area contributed by atoms with Gasteiger partial charge < -0.3 is 10.2 Å². The average Bonchev–Trinajstić information content (AvgIpc) is 3.32. The van der Waals surface area contributed by atoms with Crippen LogP contribution in [0.1, 0.15) is 10.4 Å². The van der Waals surface area contributed by atoms with E-state index in [1.807, 2.05) is 65.8 Å². The quantitative estimate of drug-likeness (QED) is 0.462. The Hall–Kier alpha value is -4.03. The first-order valence-corrected chi connectivity index (χ1v) is 11.2. The van der Waals surface area contributed by atoms with Crippen LogP contribution in [0.5, 0.6) is 0 Å². The molecule has 1 amide bonds. The van der Waals surface area contributed by atoms with E-state index in [-0.39, 0.29) is 5.91 Å². The van der Waals surface area contributed by atoms with Crippen LogP contribution >= 0.6 is 0 Å². The molecular formula is C27H23N5O. The van der Waals surface area contributed by atoms with Gasteiger partial charge in [0.25, 0.3) is 5.91 Å². The highest BCUT2D eigenvalue weighted by Gasteiger charge is 2.18. The van der Waals surface area contributed by atoms with E-state index in [0.717, 1.165) is 70.7 Å². The first-order valence-electron chi connectivity index (χ1n) is 11.2. The molecule has 0 saturated carbocycles. The number of nitrogens with zero attached hydrogens (tertiary/aromatic N) is 4. The number of rotatable bonds is 3. The van der Waals surface area contributed by atoms with Crippen LogP contribution in [0.3, 0.4) is 0 Å². The minimum atomic E-state index is 0.0965. The number of carbonyl (C=O) groups excluding carboxylic acids is 1. The molecule has 0 radical (unpaired) electrons. The predicted molar refractivity (Wildman–Crippen MR) is 130 cm³/mol. The Balaban J connectivity index is 1.33. The smallest absolute Gasteiger partial charge is 0.253 e. The van der Waals surface area contributed by atoms with Gasteiger partial charge in [0.1, 0.15) is 5.65 Å². The van der Waals surface area contributed by atoms with E-state index >= 15 is 0 Å². The van der Waals surface area contributed by atoms with Gasteiger partial charge in [-0.25, -0.2) is 4.98 Å². The monoisotopic (exact) mass is 433 g/mol. The number of pyridine rings is 2. The van der Waals surface area contributed by atoms with Gasteiger partial charge in [0.05, 0.1) is 17.4 Å². The molecule has 0 unspecified atom stereocenters. The van der Waals surface area contributed by atoms with Gasteiger partial charge in [-0.2, -0.15) is 0 Å². The highest BCUT2D eigenvalue weighted by Crippen LogP contribution is 2.27. The summed E-state index contributed by atoms with van der Waals surface area (Å²) >= 11 is 0. The maximum atomic E-state index is 12.8. The largest absolute Gasteiger partial charge is 0.336 e. The van der Waals surface area contributed by atoms with E-state index in [4.69, 9.17) is 0 Å². The highest BCUT2D eigenvalue weighted by molar-refractivity contribution is 5.94. The van der Waals surface area contributed by atoms with Gasteiger partial charge in [-0.1, -0.05) is 30.3 Å². The summed E-state index contributed by atoms with van der Waals surface area (Å²) in [6.07, 6.45) is 5.88. The molecule has 3 aromatic heterocycles. The van der Waals surface area contributed by atoms with E-state index in [1.54, 1.807) is 0 Å². The molecule has 162 valence electrons. The van der Waals surface area contributed by atoms with Gasteiger partial charge in [0.15, 0.2) is 0 Å². The molecule has 0 bridgehead atoms. The van der Waals surface area contributed by atoms with Gasteiger partial charge >= 0.3 is 0 Å². The number of imidazole rings is 1. The number of amides is 1. The Labute approximate surface area is 191 Å². The van der Waals surface area contributed by atoms with Crippen LogP contribution < -0.4 is 5.32 Å². The minimum Gasteiger partial charge on any atom is -0.336 e. The second-order valence-corrected chi connectivity index (χ2v) is 8.33. The fourth-order valence-corrected chi connectivity index (χ4v) is 4.43. The maximum absolute atomic E-state index is 12.8. The molecule has 33 heavy (non-hydrogen) atoms. The zero-order valence-corrected chi connectivity index (χ0v) is 18.1. The van der Waals surface area contributed by atoms with E-state index in [0.29, 0.717) is 0 Å². The number of piperazine rings is 1. The van der Waals surface area contributed by atoms with Crippen molar-refractivity contribution in [2.75, 3.05) is 26.2 Å². The molecular weight excluding hydrogens is 410 g/mol. The summed E-state index contributed by atoms with van der Waals surface area (Å²) in [6.45, 7) is 3.21. The van der Waals surface area contributed by atoms with E-state index in [1.165, 1.54) is 0 Å². The number of hydrogen-bond acceptors (Lipinski definition) is 4. The predicted octanol–water partition coefficient (Wildman–Crippen LogP) is 4.26. The van der Waals surface area contributed by atoms with Crippen LogP contribution in [0.2, 0.25) is 0 Å². The summed E-state index contributed by atoms with van der Waals surface area (Å²) in [5, 5.41) is 4.39. The van der Waals surface area contributed by atoms with Gasteiger partial charge in [0.2, 0.25) is 0 Å².